The number of aliphatic carboxylic acids is 1. The van der Waals surface area contributed by atoms with Gasteiger partial charge in [0, 0.05) is 48.1 Å². The molecule has 3 aliphatic rings. The van der Waals surface area contributed by atoms with Crippen molar-refractivity contribution < 1.29 is 19.1 Å². The maximum Gasteiger partial charge on any atom is 0.308 e. The number of anilines is 1. The van der Waals surface area contributed by atoms with Crippen LogP contribution >= 0.6 is 0 Å². The second-order valence-electron chi connectivity index (χ2n) is 11.4. The fourth-order valence-corrected chi connectivity index (χ4v) is 6.37. The first-order valence-corrected chi connectivity index (χ1v) is 14.1. The lowest BCUT2D eigenvalue weighted by molar-refractivity contribution is -0.140. The number of carbonyl (C=O) groups is 2. The van der Waals surface area contributed by atoms with Gasteiger partial charge in [0.05, 0.1) is 23.2 Å². The van der Waals surface area contributed by atoms with Crippen LogP contribution in [0.3, 0.4) is 0 Å². The highest BCUT2D eigenvalue weighted by Crippen LogP contribution is 2.41. The van der Waals surface area contributed by atoms with Crippen LogP contribution in [0.2, 0.25) is 0 Å². The Morgan fingerprint density at radius 2 is 1.82 bits per heavy atom. The first-order chi connectivity index (χ1) is 19.4. The predicted molar refractivity (Wildman–Crippen MR) is 150 cm³/mol. The van der Waals surface area contributed by atoms with Gasteiger partial charge in [-0.2, -0.15) is 5.10 Å². The third-order valence-electron chi connectivity index (χ3n) is 8.82. The first-order valence-electron chi connectivity index (χ1n) is 14.1. The topological polar surface area (TPSA) is 78.2 Å². The summed E-state index contributed by atoms with van der Waals surface area (Å²) in [5.41, 5.74) is 6.49. The summed E-state index contributed by atoms with van der Waals surface area (Å²) in [5, 5.41) is 14.1. The predicted octanol–water partition coefficient (Wildman–Crippen LogP) is 5.69. The average Bonchev–Trinajstić information content (AvgIpc) is 3.51. The molecular formula is C32H31FN4O3. The normalized spacial score (nSPS) is 20.6. The third kappa shape index (κ3) is 4.22. The summed E-state index contributed by atoms with van der Waals surface area (Å²) in [5.74, 6) is -1.29. The van der Waals surface area contributed by atoms with E-state index in [1.54, 1.807) is 6.07 Å². The van der Waals surface area contributed by atoms with E-state index < -0.39 is 17.7 Å². The molecule has 1 saturated carbocycles. The minimum atomic E-state index is -0.812. The molecule has 0 unspecified atom stereocenters. The lowest BCUT2D eigenvalue weighted by Crippen LogP contribution is -2.38. The zero-order valence-electron chi connectivity index (χ0n) is 22.4. The van der Waals surface area contributed by atoms with E-state index in [9.17, 15) is 14.7 Å². The lowest BCUT2D eigenvalue weighted by atomic mass is 9.93. The van der Waals surface area contributed by atoms with Crippen molar-refractivity contribution in [2.24, 2.45) is 5.92 Å². The van der Waals surface area contributed by atoms with Gasteiger partial charge in [-0.1, -0.05) is 24.3 Å². The van der Waals surface area contributed by atoms with Crippen LogP contribution in [-0.4, -0.2) is 51.1 Å². The van der Waals surface area contributed by atoms with E-state index in [2.05, 4.69) is 19.1 Å². The Kier molecular flexibility index (Phi) is 5.87. The Hall–Kier alpha value is -4.20. The number of benzene rings is 2. The highest BCUT2D eigenvalue weighted by Gasteiger charge is 2.32. The molecule has 204 valence electrons. The van der Waals surface area contributed by atoms with Gasteiger partial charge in [-0.25, -0.2) is 8.91 Å². The molecule has 2 atom stereocenters. The minimum Gasteiger partial charge on any atom is -0.481 e. The standard InChI is InChI=1S/C32H31FN4O3/c1-19-26-5-3-2-4-20(26)11-13-36(19)31(38)23-14-25-17-29(34-37(25)30(15-23)21-6-7-21)27-9-8-24(16-28(27)33)35-12-10-22(18-35)32(39)40/h2-5,8-9,14-17,19,21-22H,6-7,10-13,18H2,1H3,(H,39,40)/t19-,22+/m1/s1. The Morgan fingerprint density at radius 1 is 1.00 bits per heavy atom. The zero-order valence-corrected chi connectivity index (χ0v) is 22.4. The van der Waals surface area contributed by atoms with Crippen LogP contribution in [0, 0.1) is 11.7 Å². The van der Waals surface area contributed by atoms with E-state index in [0.29, 0.717) is 54.5 Å². The van der Waals surface area contributed by atoms with Gasteiger partial charge in [0.1, 0.15) is 5.82 Å². The molecular weight excluding hydrogens is 507 g/mol. The number of amides is 1. The van der Waals surface area contributed by atoms with Crippen molar-refractivity contribution in [2.45, 2.75) is 44.6 Å². The van der Waals surface area contributed by atoms with Crippen LogP contribution in [0.4, 0.5) is 10.1 Å². The highest BCUT2D eigenvalue weighted by atomic mass is 19.1. The number of hydrogen-bond donors (Lipinski definition) is 1. The Balaban J connectivity index is 1.21. The van der Waals surface area contributed by atoms with Gasteiger partial charge in [0.2, 0.25) is 0 Å². The maximum atomic E-state index is 15.4. The Morgan fingerprint density at radius 3 is 2.58 bits per heavy atom. The maximum absolute atomic E-state index is 15.4. The quantitative estimate of drug-likeness (QED) is 0.353. The lowest BCUT2D eigenvalue weighted by Gasteiger charge is -2.35. The van der Waals surface area contributed by atoms with E-state index in [4.69, 9.17) is 5.10 Å². The molecule has 2 aliphatic heterocycles. The van der Waals surface area contributed by atoms with Gasteiger partial charge in [0.25, 0.3) is 5.91 Å². The zero-order chi connectivity index (χ0) is 27.5. The number of pyridine rings is 1. The number of halogens is 1. The molecule has 7 rings (SSSR count). The monoisotopic (exact) mass is 538 g/mol. The number of fused-ring (bicyclic) bond motifs is 2. The van der Waals surface area contributed by atoms with Crippen LogP contribution in [0.1, 0.15) is 65.3 Å². The summed E-state index contributed by atoms with van der Waals surface area (Å²) < 4.78 is 17.3. The molecule has 7 nitrogen and oxygen atoms in total. The van der Waals surface area contributed by atoms with Crippen molar-refractivity contribution in [3.05, 3.63) is 88.9 Å². The first kappa shape index (κ1) is 24.8. The van der Waals surface area contributed by atoms with Gasteiger partial charge >= 0.3 is 5.97 Å². The van der Waals surface area contributed by atoms with Crippen LogP contribution in [0.15, 0.2) is 60.7 Å². The third-order valence-corrected chi connectivity index (χ3v) is 8.82. The van der Waals surface area contributed by atoms with Crippen LogP contribution in [-0.2, 0) is 11.2 Å². The molecule has 8 heteroatoms. The number of rotatable bonds is 5. The van der Waals surface area contributed by atoms with Crippen molar-refractivity contribution in [3.8, 4) is 11.3 Å². The fourth-order valence-electron chi connectivity index (χ4n) is 6.37. The van der Waals surface area contributed by atoms with Crippen LogP contribution in [0.5, 0.6) is 0 Å². The van der Waals surface area contributed by atoms with Gasteiger partial charge < -0.3 is 14.9 Å². The molecule has 1 aliphatic carbocycles. The second kappa shape index (κ2) is 9.47. The minimum absolute atomic E-state index is 0.00693. The van der Waals surface area contributed by atoms with Crippen molar-refractivity contribution in [1.82, 2.24) is 14.5 Å². The van der Waals surface area contributed by atoms with Crippen LogP contribution in [0.25, 0.3) is 16.8 Å². The second-order valence-corrected chi connectivity index (χ2v) is 11.4. The van der Waals surface area contributed by atoms with Crippen molar-refractivity contribution in [1.29, 1.82) is 0 Å². The van der Waals surface area contributed by atoms with E-state index in [0.717, 1.165) is 30.5 Å². The number of nitrogens with zero attached hydrogens (tertiary/aromatic N) is 4. The van der Waals surface area contributed by atoms with Crippen molar-refractivity contribution in [3.63, 3.8) is 0 Å². The van der Waals surface area contributed by atoms with E-state index in [1.807, 2.05) is 50.7 Å². The molecule has 2 aromatic carbocycles. The van der Waals surface area contributed by atoms with Crippen molar-refractivity contribution >= 4 is 23.1 Å². The fraction of sp³-hybridized carbons (Fsp3) is 0.344. The van der Waals surface area contributed by atoms with Gasteiger partial charge in [0.15, 0.2) is 0 Å². The molecule has 0 radical (unpaired) electrons. The van der Waals surface area contributed by atoms with Gasteiger partial charge in [-0.05, 0) is 80.1 Å². The summed E-state index contributed by atoms with van der Waals surface area (Å²) in [4.78, 5) is 29.0. The summed E-state index contributed by atoms with van der Waals surface area (Å²) in [6, 6.07) is 19.0. The molecule has 1 saturated heterocycles. The average molecular weight is 539 g/mol. The number of hydrogen-bond acceptors (Lipinski definition) is 4. The molecule has 4 aromatic rings. The van der Waals surface area contributed by atoms with Gasteiger partial charge in [-0.15, -0.1) is 0 Å². The Labute approximate surface area is 231 Å². The summed E-state index contributed by atoms with van der Waals surface area (Å²) in [6.45, 7) is 3.73. The molecule has 4 heterocycles. The smallest absolute Gasteiger partial charge is 0.308 e. The molecule has 1 amide bonds. The van der Waals surface area contributed by atoms with E-state index in [-0.39, 0.29) is 11.9 Å². The molecule has 1 N–H and O–H groups in total. The molecule has 0 bridgehead atoms. The highest BCUT2D eigenvalue weighted by molar-refractivity contribution is 5.96. The summed E-state index contributed by atoms with van der Waals surface area (Å²) >= 11 is 0. The number of carboxylic acids is 1. The molecule has 0 spiro atoms. The van der Waals surface area contributed by atoms with Crippen LogP contribution < -0.4 is 4.90 Å². The van der Waals surface area contributed by atoms with Gasteiger partial charge in [-0.3, -0.25) is 9.59 Å². The SMILES string of the molecule is C[C@@H]1c2ccccc2CCN1C(=O)c1cc(C2CC2)n2nc(-c3ccc(N4CC[C@H](C(=O)O)C4)cc3F)cc2c1. The molecule has 40 heavy (non-hydrogen) atoms. The largest absolute Gasteiger partial charge is 0.481 e. The van der Waals surface area contributed by atoms with Crippen molar-refractivity contribution in [2.75, 3.05) is 24.5 Å². The Bertz CT molecular complexity index is 1660. The summed E-state index contributed by atoms with van der Waals surface area (Å²) in [6.07, 6.45) is 3.49. The molecule has 2 fully saturated rings. The summed E-state index contributed by atoms with van der Waals surface area (Å²) in [7, 11) is 0. The van der Waals surface area contributed by atoms with E-state index >= 15 is 4.39 Å². The molecule has 2 aromatic heterocycles. The van der Waals surface area contributed by atoms with E-state index in [1.165, 1.54) is 17.2 Å². The number of aromatic nitrogens is 2. The number of carbonyl (C=O) groups excluding carboxylic acids is 1. The number of carboxylic acid groups (broad SMARTS) is 1.